The quantitative estimate of drug-likeness (QED) is 0.680. The number of halogens is 1. The summed E-state index contributed by atoms with van der Waals surface area (Å²) in [7, 11) is 0. The van der Waals surface area contributed by atoms with E-state index in [4.69, 9.17) is 17.3 Å². The minimum Gasteiger partial charge on any atom is -0.382 e. The van der Waals surface area contributed by atoms with E-state index in [-0.39, 0.29) is 0 Å². The number of allylic oxidation sites excluding steroid dienone is 1. The smallest absolute Gasteiger partial charge is 0.145 e. The maximum Gasteiger partial charge on any atom is 0.145 e. The Labute approximate surface area is 70.2 Å². The van der Waals surface area contributed by atoms with Crippen molar-refractivity contribution in [3.05, 3.63) is 17.8 Å². The molecule has 0 aliphatic carbocycles. The summed E-state index contributed by atoms with van der Waals surface area (Å²) in [5.41, 5.74) is 6.29. The summed E-state index contributed by atoms with van der Waals surface area (Å²) in [5.74, 6) is 1.15. The first-order valence-corrected chi connectivity index (χ1v) is 3.90. The Morgan fingerprint density at radius 2 is 2.55 bits per heavy atom. The van der Waals surface area contributed by atoms with Gasteiger partial charge in [-0.05, 0) is 12.5 Å². The third-order valence-corrected chi connectivity index (χ3v) is 1.41. The Kier molecular flexibility index (Phi) is 2.98. The number of nitrogens with zero attached hydrogens (tertiary/aromatic N) is 1. The van der Waals surface area contributed by atoms with E-state index in [1.165, 1.54) is 0 Å². The fourth-order valence-corrected chi connectivity index (χ4v) is 0.838. The second-order valence-corrected chi connectivity index (χ2v) is 2.51. The summed E-state index contributed by atoms with van der Waals surface area (Å²) in [4.78, 5) is 0. The maximum atomic E-state index is 5.47. The van der Waals surface area contributed by atoms with Crippen LogP contribution in [0, 0.1) is 0 Å². The number of hydrogen-bond donors (Lipinski definition) is 2. The summed E-state index contributed by atoms with van der Waals surface area (Å²) in [5, 5.41) is 6.52. The number of hydrogen-bond acceptors (Lipinski definition) is 2. The van der Waals surface area contributed by atoms with Crippen LogP contribution in [0.15, 0.2) is 12.1 Å². The predicted octanol–water partition coefficient (Wildman–Crippen LogP) is 1.63. The molecule has 1 aromatic heterocycles. The summed E-state index contributed by atoms with van der Waals surface area (Å²) in [6.45, 7) is 0. The monoisotopic (exact) mass is 171 g/mol. The Morgan fingerprint density at radius 1 is 1.73 bits per heavy atom. The molecule has 11 heavy (non-hydrogen) atoms. The number of nitrogens with two attached hydrogens (primary N) is 1. The number of aromatic amines is 1. The molecule has 0 spiro atoms. The highest BCUT2D eigenvalue weighted by molar-refractivity contribution is 6.17. The van der Waals surface area contributed by atoms with Crippen LogP contribution in [0.3, 0.4) is 0 Å². The van der Waals surface area contributed by atoms with Gasteiger partial charge in [0, 0.05) is 11.9 Å². The van der Waals surface area contributed by atoms with Crippen LogP contribution in [0.2, 0.25) is 0 Å². The molecule has 0 radical (unpaired) electrons. The third-order valence-electron chi connectivity index (χ3n) is 1.19. The number of nitrogen functional groups attached to an aromatic ring is 1. The van der Waals surface area contributed by atoms with Gasteiger partial charge < -0.3 is 5.73 Å². The van der Waals surface area contributed by atoms with Crippen molar-refractivity contribution in [2.75, 3.05) is 11.6 Å². The number of anilines is 1. The molecule has 1 rings (SSSR count). The van der Waals surface area contributed by atoms with E-state index in [0.717, 1.165) is 12.1 Å². The van der Waals surface area contributed by atoms with Crippen LogP contribution >= 0.6 is 11.6 Å². The normalized spacial score (nSPS) is 11.0. The molecule has 0 saturated heterocycles. The van der Waals surface area contributed by atoms with Crippen molar-refractivity contribution in [2.45, 2.75) is 6.42 Å². The molecule has 1 heterocycles. The standard InChI is InChI=1S/C7H10ClN3/c8-4-2-1-3-6-5-7(9)11-10-6/h1,3,5H,2,4H2,(H3,9,10,11). The zero-order valence-corrected chi connectivity index (χ0v) is 6.80. The second kappa shape index (κ2) is 4.03. The first-order chi connectivity index (χ1) is 5.33. The molecule has 0 unspecified atom stereocenters. The van der Waals surface area contributed by atoms with E-state index < -0.39 is 0 Å². The zero-order chi connectivity index (χ0) is 8.10. The Balaban J connectivity index is 2.50. The lowest BCUT2D eigenvalue weighted by atomic mass is 10.3. The predicted molar refractivity (Wildman–Crippen MR) is 47.4 cm³/mol. The second-order valence-electron chi connectivity index (χ2n) is 2.13. The van der Waals surface area contributed by atoms with Crippen molar-refractivity contribution in [3.63, 3.8) is 0 Å². The molecule has 0 aromatic carbocycles. The van der Waals surface area contributed by atoms with E-state index in [0.29, 0.717) is 11.7 Å². The fourth-order valence-electron chi connectivity index (χ4n) is 0.712. The molecule has 4 heteroatoms. The highest BCUT2D eigenvalue weighted by Gasteiger charge is 1.90. The Hall–Kier alpha value is -0.960. The number of alkyl halides is 1. The SMILES string of the molecule is Nc1cc(C=CCCCl)[nH]n1. The lowest BCUT2D eigenvalue weighted by molar-refractivity contribution is 1.08. The number of H-pyrrole nitrogens is 1. The number of aromatic nitrogens is 2. The lowest BCUT2D eigenvalue weighted by Crippen LogP contribution is -1.81. The van der Waals surface area contributed by atoms with Gasteiger partial charge in [0.1, 0.15) is 5.82 Å². The Bertz CT molecular complexity index is 242. The first kappa shape index (κ1) is 8.14. The molecule has 1 aromatic rings. The minimum atomic E-state index is 0.510. The summed E-state index contributed by atoms with van der Waals surface area (Å²) >= 11 is 5.47. The van der Waals surface area contributed by atoms with Crippen molar-refractivity contribution in [3.8, 4) is 0 Å². The maximum absolute atomic E-state index is 5.47. The van der Waals surface area contributed by atoms with Crippen LogP contribution in [-0.4, -0.2) is 16.1 Å². The number of rotatable bonds is 3. The molecule has 3 nitrogen and oxygen atoms in total. The first-order valence-electron chi connectivity index (χ1n) is 3.36. The Morgan fingerprint density at radius 3 is 3.09 bits per heavy atom. The highest BCUT2D eigenvalue weighted by Crippen LogP contribution is 2.02. The molecule has 60 valence electrons. The van der Waals surface area contributed by atoms with Gasteiger partial charge in [0.2, 0.25) is 0 Å². The summed E-state index contributed by atoms with van der Waals surface area (Å²) in [6, 6.07) is 1.77. The minimum absolute atomic E-state index is 0.510. The van der Waals surface area contributed by atoms with Gasteiger partial charge in [-0.25, -0.2) is 0 Å². The highest BCUT2D eigenvalue weighted by atomic mass is 35.5. The third kappa shape index (κ3) is 2.63. The average molecular weight is 172 g/mol. The van der Waals surface area contributed by atoms with E-state index in [2.05, 4.69) is 10.2 Å². The molecular formula is C7H10ClN3. The van der Waals surface area contributed by atoms with Gasteiger partial charge in [0.15, 0.2) is 0 Å². The van der Waals surface area contributed by atoms with Crippen LogP contribution in [-0.2, 0) is 0 Å². The molecule has 0 atom stereocenters. The summed E-state index contributed by atoms with van der Waals surface area (Å²) in [6.07, 6.45) is 4.74. The van der Waals surface area contributed by atoms with Gasteiger partial charge in [-0.2, -0.15) is 5.10 Å². The number of nitrogens with one attached hydrogen (secondary N) is 1. The molecule has 0 fully saturated rings. The van der Waals surface area contributed by atoms with Crippen LogP contribution in [0.5, 0.6) is 0 Å². The summed E-state index contributed by atoms with van der Waals surface area (Å²) < 4.78 is 0. The molecule has 0 bridgehead atoms. The van der Waals surface area contributed by atoms with Crippen molar-refractivity contribution < 1.29 is 0 Å². The van der Waals surface area contributed by atoms with E-state index in [1.807, 2.05) is 12.2 Å². The van der Waals surface area contributed by atoms with Crippen LogP contribution < -0.4 is 5.73 Å². The van der Waals surface area contributed by atoms with Gasteiger partial charge in [-0.15, -0.1) is 11.6 Å². The molecule has 0 amide bonds. The van der Waals surface area contributed by atoms with E-state index >= 15 is 0 Å². The van der Waals surface area contributed by atoms with Crippen molar-refractivity contribution in [1.29, 1.82) is 0 Å². The van der Waals surface area contributed by atoms with Crippen molar-refractivity contribution >= 4 is 23.5 Å². The van der Waals surface area contributed by atoms with Crippen LogP contribution in [0.25, 0.3) is 6.08 Å². The van der Waals surface area contributed by atoms with Gasteiger partial charge in [-0.1, -0.05) is 6.08 Å². The lowest BCUT2D eigenvalue weighted by Gasteiger charge is -1.82. The largest absolute Gasteiger partial charge is 0.382 e. The van der Waals surface area contributed by atoms with Gasteiger partial charge in [0.25, 0.3) is 0 Å². The molecule has 0 aliphatic rings. The van der Waals surface area contributed by atoms with E-state index in [1.54, 1.807) is 6.07 Å². The van der Waals surface area contributed by atoms with Gasteiger partial charge >= 0.3 is 0 Å². The molecule has 0 aliphatic heterocycles. The zero-order valence-electron chi connectivity index (χ0n) is 6.05. The molecule has 0 saturated carbocycles. The van der Waals surface area contributed by atoms with Crippen LogP contribution in [0.1, 0.15) is 12.1 Å². The van der Waals surface area contributed by atoms with Gasteiger partial charge in [-0.3, -0.25) is 5.10 Å². The van der Waals surface area contributed by atoms with E-state index in [9.17, 15) is 0 Å². The molecule has 3 N–H and O–H groups in total. The average Bonchev–Trinajstić information content (AvgIpc) is 2.37. The van der Waals surface area contributed by atoms with Crippen molar-refractivity contribution in [1.82, 2.24) is 10.2 Å². The van der Waals surface area contributed by atoms with Gasteiger partial charge in [0.05, 0.1) is 5.69 Å². The molecular weight excluding hydrogens is 162 g/mol. The van der Waals surface area contributed by atoms with Crippen molar-refractivity contribution in [2.24, 2.45) is 0 Å². The fraction of sp³-hybridized carbons (Fsp3) is 0.286. The topological polar surface area (TPSA) is 54.7 Å². The van der Waals surface area contributed by atoms with Crippen LogP contribution in [0.4, 0.5) is 5.82 Å².